The van der Waals surface area contributed by atoms with Crippen molar-refractivity contribution in [2.45, 2.75) is 6.04 Å². The van der Waals surface area contributed by atoms with Gasteiger partial charge in [-0.3, -0.25) is 4.90 Å². The number of nitrogens with zero attached hydrogens (tertiary/aromatic N) is 1. The van der Waals surface area contributed by atoms with Crippen molar-refractivity contribution in [1.29, 1.82) is 0 Å². The lowest BCUT2D eigenvalue weighted by Gasteiger charge is -2.35. The topological polar surface area (TPSA) is 71.4 Å². The van der Waals surface area contributed by atoms with Crippen LogP contribution in [0.5, 0.6) is 23.0 Å². The smallest absolute Gasteiger partial charge is 0.231 e. The van der Waals surface area contributed by atoms with Crippen LogP contribution in [0.2, 0.25) is 0 Å². The number of phenols is 2. The predicted molar refractivity (Wildman–Crippen MR) is 86.6 cm³/mol. The van der Waals surface area contributed by atoms with Gasteiger partial charge in [-0.25, -0.2) is 0 Å². The van der Waals surface area contributed by atoms with Gasteiger partial charge in [0.2, 0.25) is 6.79 Å². The molecule has 2 aliphatic heterocycles. The fourth-order valence-corrected chi connectivity index (χ4v) is 3.28. The number of rotatable bonds is 3. The first-order chi connectivity index (χ1) is 11.7. The number of hydrogen-bond acceptors (Lipinski definition) is 6. The molecule has 0 radical (unpaired) electrons. The van der Waals surface area contributed by atoms with E-state index in [1.807, 2.05) is 12.1 Å². The van der Waals surface area contributed by atoms with E-state index < -0.39 is 0 Å². The molecule has 6 heteroatoms. The van der Waals surface area contributed by atoms with E-state index in [1.165, 1.54) is 0 Å². The van der Waals surface area contributed by atoms with Crippen LogP contribution >= 0.6 is 0 Å². The summed E-state index contributed by atoms with van der Waals surface area (Å²) in [6, 6.07) is 10.3. The van der Waals surface area contributed by atoms with Crippen LogP contribution < -0.4 is 9.47 Å². The molecule has 2 N–H and O–H groups in total. The Balaban J connectivity index is 1.82. The second kappa shape index (κ2) is 6.22. The number of para-hydroxylation sites is 1. The van der Waals surface area contributed by atoms with Crippen molar-refractivity contribution < 1.29 is 24.4 Å². The Bertz CT molecular complexity index is 742. The monoisotopic (exact) mass is 329 g/mol. The first kappa shape index (κ1) is 15.1. The number of phenolic OH excluding ortho intramolecular Hbond substituents is 2. The molecule has 2 heterocycles. The maximum atomic E-state index is 10.6. The van der Waals surface area contributed by atoms with Crippen LogP contribution in [0.4, 0.5) is 0 Å². The minimum absolute atomic E-state index is 0.124. The summed E-state index contributed by atoms with van der Waals surface area (Å²) in [6.07, 6.45) is 0. The lowest BCUT2D eigenvalue weighted by molar-refractivity contribution is 0.0231. The standard InChI is InChI=1S/C18H19NO5/c20-14-4-2-1-3-12(14)18(19-5-7-22-8-6-19)13-9-16-17(10-15(13)21)24-11-23-16/h1-4,9-10,18,20-21H,5-8,11H2. The third-order valence-corrected chi connectivity index (χ3v) is 4.46. The van der Waals surface area contributed by atoms with Crippen LogP contribution in [0.15, 0.2) is 36.4 Å². The fraction of sp³-hybridized carbons (Fsp3) is 0.333. The van der Waals surface area contributed by atoms with Crippen LogP contribution in [-0.2, 0) is 4.74 Å². The number of ether oxygens (including phenoxy) is 3. The Morgan fingerprint density at radius 1 is 0.875 bits per heavy atom. The third kappa shape index (κ3) is 2.64. The highest BCUT2D eigenvalue weighted by Crippen LogP contribution is 2.44. The minimum Gasteiger partial charge on any atom is -0.508 e. The average Bonchev–Trinajstić information content (AvgIpc) is 3.05. The molecular weight excluding hydrogens is 310 g/mol. The largest absolute Gasteiger partial charge is 0.508 e. The van der Waals surface area contributed by atoms with E-state index in [2.05, 4.69) is 4.90 Å². The van der Waals surface area contributed by atoms with E-state index in [0.717, 1.165) is 5.56 Å². The molecule has 0 amide bonds. The van der Waals surface area contributed by atoms with Gasteiger partial charge < -0.3 is 24.4 Å². The van der Waals surface area contributed by atoms with Crippen molar-refractivity contribution in [3.8, 4) is 23.0 Å². The molecule has 2 aliphatic rings. The van der Waals surface area contributed by atoms with Gasteiger partial charge in [0.05, 0.1) is 19.3 Å². The van der Waals surface area contributed by atoms with E-state index in [9.17, 15) is 10.2 Å². The lowest BCUT2D eigenvalue weighted by Crippen LogP contribution is -2.39. The van der Waals surface area contributed by atoms with E-state index in [1.54, 1.807) is 24.3 Å². The van der Waals surface area contributed by atoms with Gasteiger partial charge in [0.25, 0.3) is 0 Å². The minimum atomic E-state index is -0.287. The van der Waals surface area contributed by atoms with E-state index in [4.69, 9.17) is 14.2 Å². The molecule has 0 aliphatic carbocycles. The van der Waals surface area contributed by atoms with E-state index >= 15 is 0 Å². The van der Waals surface area contributed by atoms with Gasteiger partial charge in [-0.15, -0.1) is 0 Å². The van der Waals surface area contributed by atoms with Gasteiger partial charge >= 0.3 is 0 Å². The summed E-state index contributed by atoms with van der Waals surface area (Å²) in [5, 5.41) is 20.9. The predicted octanol–water partition coefficient (Wildman–Crippen LogP) is 2.25. The normalized spacial score (nSPS) is 18.5. The lowest BCUT2D eigenvalue weighted by atomic mass is 9.94. The van der Waals surface area contributed by atoms with Gasteiger partial charge in [0.15, 0.2) is 11.5 Å². The second-order valence-corrected chi connectivity index (χ2v) is 5.87. The maximum Gasteiger partial charge on any atom is 0.231 e. The molecule has 0 aromatic heterocycles. The summed E-state index contributed by atoms with van der Waals surface area (Å²) in [7, 11) is 0. The van der Waals surface area contributed by atoms with Crippen molar-refractivity contribution in [3.63, 3.8) is 0 Å². The molecule has 1 unspecified atom stereocenters. The van der Waals surface area contributed by atoms with Gasteiger partial charge in [-0.1, -0.05) is 18.2 Å². The highest BCUT2D eigenvalue weighted by molar-refractivity contribution is 5.55. The van der Waals surface area contributed by atoms with Gasteiger partial charge in [0.1, 0.15) is 11.5 Å². The van der Waals surface area contributed by atoms with Gasteiger partial charge in [-0.2, -0.15) is 0 Å². The molecular formula is C18H19NO5. The molecule has 24 heavy (non-hydrogen) atoms. The molecule has 0 saturated carbocycles. The van der Waals surface area contributed by atoms with Crippen molar-refractivity contribution >= 4 is 0 Å². The first-order valence-electron chi connectivity index (χ1n) is 7.96. The molecule has 2 aromatic carbocycles. The van der Waals surface area contributed by atoms with Crippen molar-refractivity contribution in [2.24, 2.45) is 0 Å². The summed E-state index contributed by atoms with van der Waals surface area (Å²) < 4.78 is 16.2. The molecule has 0 bridgehead atoms. The fourth-order valence-electron chi connectivity index (χ4n) is 3.28. The molecule has 126 valence electrons. The van der Waals surface area contributed by atoms with Crippen LogP contribution in [-0.4, -0.2) is 48.2 Å². The first-order valence-corrected chi connectivity index (χ1v) is 7.96. The number of hydrogen-bond donors (Lipinski definition) is 2. The van der Waals surface area contributed by atoms with E-state index in [-0.39, 0.29) is 24.3 Å². The Kier molecular flexibility index (Phi) is 3.92. The second-order valence-electron chi connectivity index (χ2n) is 5.87. The number of aromatic hydroxyl groups is 2. The summed E-state index contributed by atoms with van der Waals surface area (Å²) in [5.41, 5.74) is 1.43. The van der Waals surface area contributed by atoms with Crippen molar-refractivity contribution in [3.05, 3.63) is 47.5 Å². The highest BCUT2D eigenvalue weighted by atomic mass is 16.7. The Morgan fingerprint density at radius 3 is 2.33 bits per heavy atom. The highest BCUT2D eigenvalue weighted by Gasteiger charge is 2.30. The molecule has 1 saturated heterocycles. The van der Waals surface area contributed by atoms with Crippen LogP contribution in [0.1, 0.15) is 17.2 Å². The van der Waals surface area contributed by atoms with Crippen molar-refractivity contribution in [2.75, 3.05) is 33.1 Å². The summed E-state index contributed by atoms with van der Waals surface area (Å²) >= 11 is 0. The Labute approximate surface area is 139 Å². The quantitative estimate of drug-likeness (QED) is 0.900. The Morgan fingerprint density at radius 2 is 1.58 bits per heavy atom. The zero-order valence-electron chi connectivity index (χ0n) is 13.1. The third-order valence-electron chi connectivity index (χ3n) is 4.46. The molecule has 6 nitrogen and oxygen atoms in total. The summed E-state index contributed by atoms with van der Waals surface area (Å²) in [5.74, 6) is 1.47. The van der Waals surface area contributed by atoms with E-state index in [0.29, 0.717) is 43.4 Å². The molecule has 0 spiro atoms. The zero-order chi connectivity index (χ0) is 16.5. The molecule has 4 rings (SSSR count). The average molecular weight is 329 g/mol. The number of morpholine rings is 1. The Hall–Kier alpha value is -2.44. The summed E-state index contributed by atoms with van der Waals surface area (Å²) in [6.45, 7) is 2.82. The SMILES string of the molecule is Oc1ccccc1C(c1cc2c(cc1O)OCO2)N1CCOCC1. The zero-order valence-corrected chi connectivity index (χ0v) is 13.1. The molecule has 1 atom stereocenters. The summed E-state index contributed by atoms with van der Waals surface area (Å²) in [4.78, 5) is 2.19. The van der Waals surface area contributed by atoms with Crippen molar-refractivity contribution in [1.82, 2.24) is 4.90 Å². The van der Waals surface area contributed by atoms with Crippen LogP contribution in [0.25, 0.3) is 0 Å². The number of fused-ring (bicyclic) bond motifs is 1. The van der Waals surface area contributed by atoms with Gasteiger partial charge in [-0.05, 0) is 12.1 Å². The van der Waals surface area contributed by atoms with Crippen LogP contribution in [0, 0.1) is 0 Å². The maximum absolute atomic E-state index is 10.6. The van der Waals surface area contributed by atoms with Gasteiger partial charge in [0, 0.05) is 30.3 Å². The molecule has 2 aromatic rings. The number of benzene rings is 2. The molecule has 1 fully saturated rings. The van der Waals surface area contributed by atoms with Crippen LogP contribution in [0.3, 0.4) is 0 Å².